The monoisotopic (exact) mass is 442 g/mol. The highest BCUT2D eigenvalue weighted by molar-refractivity contribution is 7.89. The summed E-state index contributed by atoms with van der Waals surface area (Å²) in [6.45, 7) is 0.516. The average molecular weight is 443 g/mol. The summed E-state index contributed by atoms with van der Waals surface area (Å²) in [6.07, 6.45) is 2.68. The number of rotatable bonds is 6. The predicted octanol–water partition coefficient (Wildman–Crippen LogP) is 1.71. The first-order valence-electron chi connectivity index (χ1n) is 9.76. The van der Waals surface area contributed by atoms with E-state index in [1.165, 1.54) is 27.4 Å². The summed E-state index contributed by atoms with van der Waals surface area (Å²) in [4.78, 5) is 12.9. The lowest BCUT2D eigenvalue weighted by Gasteiger charge is -2.31. The zero-order valence-electron chi connectivity index (χ0n) is 16.9. The van der Waals surface area contributed by atoms with Crippen LogP contribution in [0.4, 0.5) is 5.69 Å². The molecule has 1 aliphatic heterocycles. The number of hydrogen-bond acceptors (Lipinski definition) is 7. The van der Waals surface area contributed by atoms with Crippen molar-refractivity contribution in [3.63, 3.8) is 0 Å². The number of sulfonamides is 1. The Balaban J connectivity index is 1.44. The third-order valence-electron chi connectivity index (χ3n) is 5.20. The van der Waals surface area contributed by atoms with Crippen LogP contribution in [0.15, 0.2) is 59.8 Å². The van der Waals surface area contributed by atoms with Gasteiger partial charge in [-0.15, -0.1) is 5.10 Å². The quantitative estimate of drug-likeness (QED) is 0.617. The summed E-state index contributed by atoms with van der Waals surface area (Å²) in [5.74, 6) is 0.0734. The van der Waals surface area contributed by atoms with Crippen molar-refractivity contribution < 1.29 is 17.9 Å². The molecule has 1 N–H and O–H groups in total. The fraction of sp³-hybridized carbons (Fsp3) is 0.300. The zero-order chi connectivity index (χ0) is 21.8. The minimum absolute atomic E-state index is 0.138. The van der Waals surface area contributed by atoms with Gasteiger partial charge in [-0.05, 0) is 71.8 Å². The molecule has 0 unspecified atom stereocenters. The van der Waals surface area contributed by atoms with E-state index in [2.05, 4.69) is 20.8 Å². The molecule has 162 valence electrons. The van der Waals surface area contributed by atoms with Gasteiger partial charge in [-0.3, -0.25) is 4.79 Å². The maximum absolute atomic E-state index is 13.1. The standard InChI is InChI=1S/C20H22N6O4S/c1-30-18-8-4-16(5-9-18)22-20(27)15-3-2-12-25(13-15)31(28,29)19-10-6-17(7-11-19)26-14-21-23-24-26/h4-11,14-15H,2-3,12-13H2,1H3,(H,22,27)/t15-/m0/s1. The predicted molar refractivity (Wildman–Crippen MR) is 112 cm³/mol. The lowest BCUT2D eigenvalue weighted by Crippen LogP contribution is -2.43. The van der Waals surface area contributed by atoms with Crippen molar-refractivity contribution in [3.05, 3.63) is 54.9 Å². The number of carbonyl (C=O) groups excluding carboxylic acids is 1. The number of aromatic nitrogens is 4. The molecule has 2 heterocycles. The van der Waals surface area contributed by atoms with Crippen LogP contribution in [-0.2, 0) is 14.8 Å². The molecule has 1 aliphatic rings. The van der Waals surface area contributed by atoms with Gasteiger partial charge in [-0.25, -0.2) is 13.1 Å². The van der Waals surface area contributed by atoms with E-state index in [9.17, 15) is 13.2 Å². The number of nitrogens with zero attached hydrogens (tertiary/aromatic N) is 5. The van der Waals surface area contributed by atoms with E-state index in [0.29, 0.717) is 36.5 Å². The van der Waals surface area contributed by atoms with Gasteiger partial charge in [0.25, 0.3) is 0 Å². The van der Waals surface area contributed by atoms with Crippen LogP contribution in [0.1, 0.15) is 12.8 Å². The highest BCUT2D eigenvalue weighted by atomic mass is 32.2. The van der Waals surface area contributed by atoms with E-state index < -0.39 is 15.9 Å². The van der Waals surface area contributed by atoms with Crippen LogP contribution in [0, 0.1) is 5.92 Å². The fourth-order valence-corrected chi connectivity index (χ4v) is 5.02. The van der Waals surface area contributed by atoms with Gasteiger partial charge in [0.2, 0.25) is 15.9 Å². The summed E-state index contributed by atoms with van der Waals surface area (Å²) in [7, 11) is -2.15. The summed E-state index contributed by atoms with van der Waals surface area (Å²) >= 11 is 0. The van der Waals surface area contributed by atoms with Gasteiger partial charge in [-0.1, -0.05) is 0 Å². The van der Waals surface area contributed by atoms with Crippen molar-refractivity contribution in [2.45, 2.75) is 17.7 Å². The van der Waals surface area contributed by atoms with Gasteiger partial charge in [-0.2, -0.15) is 4.31 Å². The molecule has 1 amide bonds. The second-order valence-corrected chi connectivity index (χ2v) is 9.11. The Morgan fingerprint density at radius 3 is 2.52 bits per heavy atom. The molecule has 10 nitrogen and oxygen atoms in total. The van der Waals surface area contributed by atoms with Crippen LogP contribution in [0.2, 0.25) is 0 Å². The number of ether oxygens (including phenoxy) is 1. The lowest BCUT2D eigenvalue weighted by molar-refractivity contribution is -0.120. The van der Waals surface area contributed by atoms with Crippen LogP contribution >= 0.6 is 0 Å². The van der Waals surface area contributed by atoms with E-state index in [1.807, 2.05) is 0 Å². The van der Waals surface area contributed by atoms with Crippen molar-refractivity contribution in [1.29, 1.82) is 0 Å². The molecule has 2 aromatic carbocycles. The second-order valence-electron chi connectivity index (χ2n) is 7.17. The van der Waals surface area contributed by atoms with Crippen LogP contribution in [0.25, 0.3) is 5.69 Å². The van der Waals surface area contributed by atoms with Crippen molar-refractivity contribution >= 4 is 21.6 Å². The van der Waals surface area contributed by atoms with Crippen LogP contribution in [0.3, 0.4) is 0 Å². The highest BCUT2D eigenvalue weighted by Crippen LogP contribution is 2.26. The van der Waals surface area contributed by atoms with Crippen LogP contribution < -0.4 is 10.1 Å². The number of anilines is 1. The van der Waals surface area contributed by atoms with Gasteiger partial charge in [0, 0.05) is 18.8 Å². The number of methoxy groups -OCH3 is 1. The van der Waals surface area contributed by atoms with Crippen molar-refractivity contribution in [1.82, 2.24) is 24.5 Å². The van der Waals surface area contributed by atoms with Gasteiger partial charge < -0.3 is 10.1 Å². The first-order chi connectivity index (χ1) is 15.0. The largest absolute Gasteiger partial charge is 0.497 e. The Morgan fingerprint density at radius 2 is 1.87 bits per heavy atom. The van der Waals surface area contributed by atoms with Crippen molar-refractivity contribution in [2.75, 3.05) is 25.5 Å². The number of piperidine rings is 1. The molecule has 1 fully saturated rings. The smallest absolute Gasteiger partial charge is 0.243 e. The van der Waals surface area contributed by atoms with Gasteiger partial charge in [0.1, 0.15) is 12.1 Å². The number of hydrogen-bond donors (Lipinski definition) is 1. The van der Waals surface area contributed by atoms with Gasteiger partial charge >= 0.3 is 0 Å². The SMILES string of the molecule is COc1ccc(NC(=O)[C@H]2CCCN(S(=O)(=O)c3ccc(-n4cnnn4)cc3)C2)cc1. The topological polar surface area (TPSA) is 119 Å². The summed E-state index contributed by atoms with van der Waals surface area (Å²) < 4.78 is 34.2. The molecular weight excluding hydrogens is 420 g/mol. The maximum Gasteiger partial charge on any atom is 0.243 e. The Bertz CT molecular complexity index is 1130. The third-order valence-corrected chi connectivity index (χ3v) is 7.08. The highest BCUT2D eigenvalue weighted by Gasteiger charge is 2.33. The summed E-state index contributed by atoms with van der Waals surface area (Å²) in [5.41, 5.74) is 1.29. The van der Waals surface area contributed by atoms with E-state index in [1.54, 1.807) is 43.5 Å². The van der Waals surface area contributed by atoms with Crippen LogP contribution in [-0.4, -0.2) is 59.0 Å². The van der Waals surface area contributed by atoms with E-state index in [0.717, 1.165) is 0 Å². The molecule has 4 rings (SSSR count). The molecular formula is C20H22N6O4S. The molecule has 1 saturated heterocycles. The normalized spacial score (nSPS) is 17.3. The van der Waals surface area contributed by atoms with Gasteiger partial charge in [0.15, 0.2) is 0 Å². The molecule has 0 radical (unpaired) electrons. The summed E-state index contributed by atoms with van der Waals surface area (Å²) in [5, 5.41) is 13.8. The number of nitrogens with one attached hydrogen (secondary N) is 1. The number of benzene rings is 2. The minimum atomic E-state index is -3.72. The molecule has 0 aliphatic carbocycles. The molecule has 1 atom stereocenters. The van der Waals surface area contributed by atoms with E-state index >= 15 is 0 Å². The molecule has 11 heteroatoms. The fourth-order valence-electron chi connectivity index (χ4n) is 3.49. The zero-order valence-corrected chi connectivity index (χ0v) is 17.7. The average Bonchev–Trinajstić information content (AvgIpc) is 3.35. The Kier molecular flexibility index (Phi) is 5.96. The molecule has 3 aromatic rings. The van der Waals surface area contributed by atoms with Crippen LogP contribution in [0.5, 0.6) is 5.75 Å². The number of tetrazole rings is 1. The Hall–Kier alpha value is -3.31. The van der Waals surface area contributed by atoms with Crippen molar-refractivity contribution in [3.8, 4) is 11.4 Å². The van der Waals surface area contributed by atoms with E-state index in [-0.39, 0.29) is 17.3 Å². The maximum atomic E-state index is 13.1. The van der Waals surface area contributed by atoms with Crippen molar-refractivity contribution in [2.24, 2.45) is 5.92 Å². The molecule has 0 bridgehead atoms. The second kappa shape index (κ2) is 8.82. The third kappa shape index (κ3) is 4.57. The summed E-state index contributed by atoms with van der Waals surface area (Å²) in [6, 6.07) is 13.3. The minimum Gasteiger partial charge on any atom is -0.497 e. The molecule has 0 saturated carbocycles. The Morgan fingerprint density at radius 1 is 1.13 bits per heavy atom. The Labute approximate surface area is 179 Å². The first-order valence-corrected chi connectivity index (χ1v) is 11.2. The molecule has 31 heavy (non-hydrogen) atoms. The van der Waals surface area contributed by atoms with Gasteiger partial charge in [0.05, 0.1) is 23.6 Å². The first kappa shape index (κ1) is 20.9. The molecule has 1 aromatic heterocycles. The number of carbonyl (C=O) groups is 1. The van der Waals surface area contributed by atoms with E-state index in [4.69, 9.17) is 4.74 Å². The molecule has 0 spiro atoms. The lowest BCUT2D eigenvalue weighted by atomic mass is 9.99. The number of amides is 1.